The zero-order valence-electron chi connectivity index (χ0n) is 16.3. The van der Waals surface area contributed by atoms with E-state index >= 15 is 0 Å². The number of hydrogen-bond donors (Lipinski definition) is 1. The summed E-state index contributed by atoms with van der Waals surface area (Å²) in [5, 5.41) is 3.29. The third-order valence-electron chi connectivity index (χ3n) is 4.57. The molecule has 0 bridgehead atoms. The molecule has 0 aliphatic heterocycles. The highest BCUT2D eigenvalue weighted by Crippen LogP contribution is 2.25. The number of rotatable bonds is 5. The van der Waals surface area contributed by atoms with E-state index in [-0.39, 0.29) is 16.4 Å². The Morgan fingerprint density at radius 2 is 1.69 bits per heavy atom. The summed E-state index contributed by atoms with van der Waals surface area (Å²) in [5.41, 5.74) is 3.33. The van der Waals surface area contributed by atoms with Crippen molar-refractivity contribution in [2.24, 2.45) is 0 Å². The number of nitrogens with zero attached hydrogens (tertiary/aromatic N) is 1. The van der Waals surface area contributed by atoms with Gasteiger partial charge >= 0.3 is 0 Å². The van der Waals surface area contributed by atoms with Crippen molar-refractivity contribution in [1.29, 1.82) is 0 Å². The van der Waals surface area contributed by atoms with Crippen molar-refractivity contribution in [1.82, 2.24) is 0 Å². The number of carbonyl (C=O) groups excluding carboxylic acids is 1. The molecular formula is C22H21ClN2O3S. The minimum absolute atomic E-state index is 0.0218. The molecule has 0 aliphatic carbocycles. The van der Waals surface area contributed by atoms with Crippen LogP contribution in [-0.2, 0) is 10.0 Å². The van der Waals surface area contributed by atoms with Crippen molar-refractivity contribution >= 4 is 38.9 Å². The summed E-state index contributed by atoms with van der Waals surface area (Å²) in [6.45, 7) is 3.84. The topological polar surface area (TPSA) is 66.5 Å². The highest BCUT2D eigenvalue weighted by molar-refractivity contribution is 7.92. The number of hydrogen-bond acceptors (Lipinski definition) is 3. The van der Waals surface area contributed by atoms with Gasteiger partial charge in [0, 0.05) is 23.3 Å². The standard InChI is InChI=1S/C22H21ClN2O3S/c1-15-10-11-16(2)21(12-15)24-22(26)17-6-4-9-20(13-17)29(27,28)25(3)19-8-5-7-18(23)14-19/h4-14H,1-3H3,(H,24,26). The lowest BCUT2D eigenvalue weighted by atomic mass is 10.1. The lowest BCUT2D eigenvalue weighted by molar-refractivity contribution is 0.102. The van der Waals surface area contributed by atoms with Crippen LogP contribution in [0.2, 0.25) is 5.02 Å². The van der Waals surface area contributed by atoms with Gasteiger partial charge in [-0.15, -0.1) is 0 Å². The van der Waals surface area contributed by atoms with Gasteiger partial charge in [0.25, 0.3) is 15.9 Å². The Kier molecular flexibility index (Phi) is 5.96. The fraction of sp³-hybridized carbons (Fsp3) is 0.136. The molecule has 3 aromatic carbocycles. The molecule has 0 atom stereocenters. The molecule has 5 nitrogen and oxygen atoms in total. The van der Waals surface area contributed by atoms with Crippen LogP contribution in [0.15, 0.2) is 71.6 Å². The molecule has 0 aromatic heterocycles. The van der Waals surface area contributed by atoms with Crippen LogP contribution >= 0.6 is 11.6 Å². The smallest absolute Gasteiger partial charge is 0.264 e. The average Bonchev–Trinajstić information content (AvgIpc) is 2.70. The molecule has 0 spiro atoms. The van der Waals surface area contributed by atoms with E-state index < -0.39 is 10.0 Å². The molecule has 0 saturated heterocycles. The Balaban J connectivity index is 1.90. The number of anilines is 2. The Labute approximate surface area is 176 Å². The first kappa shape index (κ1) is 20.9. The van der Waals surface area contributed by atoms with E-state index in [0.717, 1.165) is 15.4 Å². The van der Waals surface area contributed by atoms with Crippen molar-refractivity contribution < 1.29 is 13.2 Å². The summed E-state index contributed by atoms with van der Waals surface area (Å²) >= 11 is 5.98. The van der Waals surface area contributed by atoms with Gasteiger partial charge in [-0.2, -0.15) is 0 Å². The molecular weight excluding hydrogens is 408 g/mol. The number of benzene rings is 3. The van der Waals surface area contributed by atoms with Gasteiger partial charge in [-0.1, -0.05) is 35.9 Å². The molecule has 0 radical (unpaired) electrons. The van der Waals surface area contributed by atoms with E-state index in [1.54, 1.807) is 36.4 Å². The monoisotopic (exact) mass is 428 g/mol. The van der Waals surface area contributed by atoms with Crippen LogP contribution in [0.5, 0.6) is 0 Å². The Morgan fingerprint density at radius 1 is 0.966 bits per heavy atom. The third kappa shape index (κ3) is 4.60. The van der Waals surface area contributed by atoms with E-state index in [1.807, 2.05) is 32.0 Å². The quantitative estimate of drug-likeness (QED) is 0.619. The lowest BCUT2D eigenvalue weighted by Crippen LogP contribution is -2.26. The maximum atomic E-state index is 13.0. The molecule has 0 heterocycles. The molecule has 3 rings (SSSR count). The van der Waals surface area contributed by atoms with Gasteiger partial charge in [0.05, 0.1) is 10.6 Å². The van der Waals surface area contributed by atoms with Gasteiger partial charge in [0.15, 0.2) is 0 Å². The molecule has 0 saturated carbocycles. The van der Waals surface area contributed by atoms with E-state index in [1.165, 1.54) is 19.2 Å². The third-order valence-corrected chi connectivity index (χ3v) is 6.58. The molecule has 0 aliphatic rings. The zero-order valence-corrected chi connectivity index (χ0v) is 17.9. The molecule has 1 amide bonds. The number of aryl methyl sites for hydroxylation is 2. The molecule has 1 N–H and O–H groups in total. The Hall–Kier alpha value is -2.83. The van der Waals surface area contributed by atoms with Crippen molar-refractivity contribution in [3.8, 4) is 0 Å². The zero-order chi connectivity index (χ0) is 21.2. The first-order chi connectivity index (χ1) is 13.7. The van der Waals surface area contributed by atoms with Crippen LogP contribution in [0.4, 0.5) is 11.4 Å². The van der Waals surface area contributed by atoms with Crippen LogP contribution in [0, 0.1) is 13.8 Å². The summed E-state index contributed by atoms with van der Waals surface area (Å²) in [4.78, 5) is 12.7. The van der Waals surface area contributed by atoms with E-state index in [0.29, 0.717) is 16.4 Å². The number of carbonyl (C=O) groups is 1. The Morgan fingerprint density at radius 3 is 2.41 bits per heavy atom. The van der Waals surface area contributed by atoms with Crippen LogP contribution in [0.25, 0.3) is 0 Å². The molecule has 0 unspecified atom stereocenters. The minimum Gasteiger partial charge on any atom is -0.322 e. The number of halogens is 1. The van der Waals surface area contributed by atoms with Crippen molar-refractivity contribution in [3.63, 3.8) is 0 Å². The van der Waals surface area contributed by atoms with Crippen molar-refractivity contribution in [3.05, 3.63) is 88.4 Å². The number of amides is 1. The summed E-state index contributed by atoms with van der Waals surface area (Å²) in [5.74, 6) is -0.374. The summed E-state index contributed by atoms with van der Waals surface area (Å²) in [6.07, 6.45) is 0. The fourth-order valence-electron chi connectivity index (χ4n) is 2.83. The average molecular weight is 429 g/mol. The SMILES string of the molecule is Cc1ccc(C)c(NC(=O)c2cccc(S(=O)(=O)N(C)c3cccc(Cl)c3)c2)c1. The fourth-order valence-corrected chi connectivity index (χ4v) is 4.25. The normalized spacial score (nSPS) is 11.2. The van der Waals surface area contributed by atoms with Gasteiger partial charge in [-0.3, -0.25) is 9.10 Å². The first-order valence-electron chi connectivity index (χ1n) is 8.91. The minimum atomic E-state index is -3.86. The van der Waals surface area contributed by atoms with Gasteiger partial charge in [0.1, 0.15) is 0 Å². The predicted molar refractivity (Wildman–Crippen MR) is 117 cm³/mol. The van der Waals surface area contributed by atoms with E-state index in [4.69, 9.17) is 11.6 Å². The lowest BCUT2D eigenvalue weighted by Gasteiger charge is -2.20. The van der Waals surface area contributed by atoms with Gasteiger partial charge in [0.2, 0.25) is 0 Å². The van der Waals surface area contributed by atoms with Gasteiger partial charge in [-0.25, -0.2) is 8.42 Å². The Bertz CT molecular complexity index is 1180. The van der Waals surface area contributed by atoms with Crippen LogP contribution in [-0.4, -0.2) is 21.4 Å². The molecule has 3 aromatic rings. The summed E-state index contributed by atoms with van der Waals surface area (Å²) < 4.78 is 27.2. The van der Waals surface area contributed by atoms with Crippen molar-refractivity contribution in [2.45, 2.75) is 18.7 Å². The van der Waals surface area contributed by atoms with Gasteiger partial charge in [-0.05, 0) is 67.4 Å². The van der Waals surface area contributed by atoms with Crippen molar-refractivity contribution in [2.75, 3.05) is 16.7 Å². The van der Waals surface area contributed by atoms with Crippen LogP contribution in [0.1, 0.15) is 21.5 Å². The summed E-state index contributed by atoms with van der Waals surface area (Å²) in [6, 6.07) is 18.3. The predicted octanol–water partition coefficient (Wildman–Crippen LogP) is 5.03. The maximum Gasteiger partial charge on any atom is 0.264 e. The molecule has 0 fully saturated rings. The van der Waals surface area contributed by atoms with Crippen LogP contribution < -0.4 is 9.62 Å². The second kappa shape index (κ2) is 8.27. The van der Waals surface area contributed by atoms with E-state index in [2.05, 4.69) is 5.32 Å². The largest absolute Gasteiger partial charge is 0.322 e. The molecule has 7 heteroatoms. The summed E-state index contributed by atoms with van der Waals surface area (Å²) in [7, 11) is -2.41. The second-order valence-corrected chi connectivity index (χ2v) is 9.16. The second-order valence-electron chi connectivity index (χ2n) is 6.75. The number of sulfonamides is 1. The number of nitrogens with one attached hydrogen (secondary N) is 1. The highest BCUT2D eigenvalue weighted by atomic mass is 35.5. The highest BCUT2D eigenvalue weighted by Gasteiger charge is 2.22. The van der Waals surface area contributed by atoms with Gasteiger partial charge < -0.3 is 5.32 Å². The van der Waals surface area contributed by atoms with Crippen LogP contribution in [0.3, 0.4) is 0 Å². The van der Waals surface area contributed by atoms with E-state index in [9.17, 15) is 13.2 Å². The first-order valence-corrected chi connectivity index (χ1v) is 10.7. The molecule has 150 valence electrons. The molecule has 29 heavy (non-hydrogen) atoms. The maximum absolute atomic E-state index is 13.0.